The Balaban J connectivity index is 1.79. The number of amides is 1. The molecule has 1 unspecified atom stereocenters. The van der Waals surface area contributed by atoms with Gasteiger partial charge in [0.25, 0.3) is 0 Å². The van der Waals surface area contributed by atoms with Gasteiger partial charge in [0.15, 0.2) is 0 Å². The van der Waals surface area contributed by atoms with Crippen molar-refractivity contribution in [3.05, 3.63) is 0 Å². The summed E-state index contributed by atoms with van der Waals surface area (Å²) in [5.74, 6) is 1.04. The third kappa shape index (κ3) is 9.79. The van der Waals surface area contributed by atoms with Crippen molar-refractivity contribution in [3.63, 3.8) is 0 Å². The number of nitrogens with one attached hydrogen (secondary N) is 1. The van der Waals surface area contributed by atoms with Gasteiger partial charge < -0.3 is 5.32 Å². The predicted octanol–water partition coefficient (Wildman–Crippen LogP) is 5.20. The maximum atomic E-state index is 11.7. The number of unbranched alkanes of at least 4 members (excludes halogenated alkanes) is 8. The lowest BCUT2D eigenvalue weighted by Gasteiger charge is -2.09. The van der Waals surface area contributed by atoms with Crippen molar-refractivity contribution < 1.29 is 4.79 Å². The van der Waals surface area contributed by atoms with Crippen LogP contribution in [0.25, 0.3) is 0 Å². The van der Waals surface area contributed by atoms with Gasteiger partial charge in [0.05, 0.1) is 0 Å². The van der Waals surface area contributed by atoms with Crippen LogP contribution in [0.1, 0.15) is 84.0 Å². The van der Waals surface area contributed by atoms with Gasteiger partial charge >= 0.3 is 0 Å². The molecule has 2 nitrogen and oxygen atoms in total. The first-order valence-electron chi connectivity index (χ1n) is 8.64. The van der Waals surface area contributed by atoms with Gasteiger partial charge in [-0.15, -0.1) is 0 Å². The molecular weight excluding hydrogens is 314 g/mol. The Morgan fingerprint density at radius 3 is 2.15 bits per heavy atom. The summed E-state index contributed by atoms with van der Waals surface area (Å²) >= 11 is 3.65. The Morgan fingerprint density at radius 2 is 1.60 bits per heavy atom. The zero-order chi connectivity index (χ0) is 14.6. The van der Waals surface area contributed by atoms with Crippen LogP contribution in [-0.4, -0.2) is 17.3 Å². The largest absolute Gasteiger partial charge is 0.355 e. The van der Waals surface area contributed by atoms with E-state index in [-0.39, 0.29) is 5.91 Å². The van der Waals surface area contributed by atoms with Crippen molar-refractivity contribution >= 4 is 21.8 Å². The van der Waals surface area contributed by atoms with Gasteiger partial charge in [0.2, 0.25) is 5.91 Å². The zero-order valence-electron chi connectivity index (χ0n) is 13.1. The third-order valence-electron chi connectivity index (χ3n) is 4.14. The Kier molecular flexibility index (Phi) is 10.4. The Hall–Kier alpha value is -0.0500. The summed E-state index contributed by atoms with van der Waals surface area (Å²) in [6, 6.07) is 0. The van der Waals surface area contributed by atoms with Crippen molar-refractivity contribution in [3.8, 4) is 0 Å². The van der Waals surface area contributed by atoms with Gasteiger partial charge in [-0.1, -0.05) is 74.2 Å². The zero-order valence-corrected chi connectivity index (χ0v) is 14.7. The first kappa shape index (κ1) is 18.0. The van der Waals surface area contributed by atoms with Crippen LogP contribution in [0, 0.1) is 5.92 Å². The smallest absolute Gasteiger partial charge is 0.220 e. The monoisotopic (exact) mass is 345 g/mol. The van der Waals surface area contributed by atoms with Crippen molar-refractivity contribution in [2.45, 2.75) is 88.8 Å². The van der Waals surface area contributed by atoms with Crippen molar-refractivity contribution in [2.75, 3.05) is 6.54 Å². The second kappa shape index (κ2) is 11.6. The number of carbonyl (C=O) groups is 1. The molecule has 0 radical (unpaired) electrons. The molecule has 1 aliphatic carbocycles. The number of alkyl halides is 1. The van der Waals surface area contributed by atoms with Gasteiger partial charge in [-0.05, 0) is 25.2 Å². The normalized spacial score (nSPS) is 16.1. The van der Waals surface area contributed by atoms with E-state index in [9.17, 15) is 4.79 Å². The number of hydrogen-bond donors (Lipinski definition) is 1. The Morgan fingerprint density at radius 1 is 1.05 bits per heavy atom. The minimum Gasteiger partial charge on any atom is -0.355 e. The van der Waals surface area contributed by atoms with Gasteiger partial charge in [-0.2, -0.15) is 0 Å². The fraction of sp³-hybridized carbons (Fsp3) is 0.941. The Labute approximate surface area is 133 Å². The molecule has 0 aliphatic heterocycles. The van der Waals surface area contributed by atoms with Crippen LogP contribution in [0.15, 0.2) is 0 Å². The maximum absolute atomic E-state index is 11.7. The van der Waals surface area contributed by atoms with E-state index >= 15 is 0 Å². The summed E-state index contributed by atoms with van der Waals surface area (Å²) in [4.78, 5) is 12.2. The van der Waals surface area contributed by atoms with E-state index in [1.54, 1.807) is 0 Å². The van der Waals surface area contributed by atoms with E-state index in [1.165, 1.54) is 64.2 Å². The summed E-state index contributed by atoms with van der Waals surface area (Å²) in [5.41, 5.74) is 0. The van der Waals surface area contributed by atoms with E-state index in [0.29, 0.717) is 11.2 Å². The molecule has 0 saturated heterocycles. The molecule has 1 N–H and O–H groups in total. The lowest BCUT2D eigenvalue weighted by atomic mass is 10.1. The van der Waals surface area contributed by atoms with Crippen LogP contribution < -0.4 is 5.32 Å². The number of carbonyl (C=O) groups excluding carboxylic acids is 1. The van der Waals surface area contributed by atoms with Gasteiger partial charge in [-0.25, -0.2) is 0 Å². The predicted molar refractivity (Wildman–Crippen MR) is 90.3 cm³/mol. The highest BCUT2D eigenvalue weighted by Crippen LogP contribution is 2.36. The summed E-state index contributed by atoms with van der Waals surface area (Å²) in [7, 11) is 0. The molecule has 0 spiro atoms. The molecule has 0 aromatic heterocycles. The Bertz CT molecular complexity index is 253. The summed E-state index contributed by atoms with van der Waals surface area (Å²) in [5, 5.41) is 3.04. The first-order chi connectivity index (χ1) is 9.74. The summed E-state index contributed by atoms with van der Waals surface area (Å²) in [6.07, 6.45) is 15.1. The van der Waals surface area contributed by atoms with Crippen LogP contribution in [0.5, 0.6) is 0 Å². The number of hydrogen-bond acceptors (Lipinski definition) is 1. The topological polar surface area (TPSA) is 29.1 Å². The minimum absolute atomic E-state index is 0.234. The molecule has 1 saturated carbocycles. The first-order valence-corrected chi connectivity index (χ1v) is 9.56. The molecule has 0 heterocycles. The minimum atomic E-state index is 0.234. The average molecular weight is 346 g/mol. The molecule has 0 bridgehead atoms. The lowest BCUT2D eigenvalue weighted by molar-refractivity contribution is -0.121. The fourth-order valence-corrected chi connectivity index (χ4v) is 3.21. The van der Waals surface area contributed by atoms with Crippen LogP contribution in [-0.2, 0) is 4.79 Å². The number of halogens is 1. The molecule has 1 rings (SSSR count). The van der Waals surface area contributed by atoms with E-state index in [4.69, 9.17) is 0 Å². The average Bonchev–Trinajstić information content (AvgIpc) is 3.27. The van der Waals surface area contributed by atoms with E-state index in [2.05, 4.69) is 28.2 Å². The van der Waals surface area contributed by atoms with Gasteiger partial charge in [0, 0.05) is 17.8 Å². The fourth-order valence-electron chi connectivity index (χ4n) is 2.52. The second-order valence-electron chi connectivity index (χ2n) is 6.24. The van der Waals surface area contributed by atoms with E-state index < -0.39 is 0 Å². The molecule has 3 heteroatoms. The molecule has 0 aromatic rings. The number of rotatable bonds is 13. The molecule has 1 fully saturated rings. The molecule has 1 atom stereocenters. The lowest BCUT2D eigenvalue weighted by Crippen LogP contribution is -2.30. The third-order valence-corrected chi connectivity index (χ3v) is 5.21. The molecule has 0 aromatic carbocycles. The van der Waals surface area contributed by atoms with Gasteiger partial charge in [0.1, 0.15) is 0 Å². The van der Waals surface area contributed by atoms with Crippen molar-refractivity contribution in [1.29, 1.82) is 0 Å². The van der Waals surface area contributed by atoms with Crippen LogP contribution in [0.3, 0.4) is 0 Å². The van der Waals surface area contributed by atoms with E-state index in [0.717, 1.165) is 18.9 Å². The molecule has 1 aliphatic rings. The van der Waals surface area contributed by atoms with Crippen molar-refractivity contribution in [2.24, 2.45) is 5.92 Å². The molecular formula is C17H32BrNO. The maximum Gasteiger partial charge on any atom is 0.220 e. The van der Waals surface area contributed by atoms with E-state index in [1.807, 2.05) is 0 Å². The molecule has 118 valence electrons. The van der Waals surface area contributed by atoms with Crippen LogP contribution >= 0.6 is 15.9 Å². The standard InChI is InChI=1S/C17H32BrNO/c1-2-3-4-5-6-7-8-9-10-11-17(20)19-14-16(18)15-12-13-15/h15-16H,2-14H2,1H3,(H,19,20). The highest BCUT2D eigenvalue weighted by Gasteiger charge is 2.29. The molecule has 20 heavy (non-hydrogen) atoms. The second-order valence-corrected chi connectivity index (χ2v) is 7.41. The highest BCUT2D eigenvalue weighted by atomic mass is 79.9. The van der Waals surface area contributed by atoms with Crippen molar-refractivity contribution in [1.82, 2.24) is 5.32 Å². The summed E-state index contributed by atoms with van der Waals surface area (Å²) < 4.78 is 0. The molecule has 1 amide bonds. The van der Waals surface area contributed by atoms with Crippen LogP contribution in [0.4, 0.5) is 0 Å². The van der Waals surface area contributed by atoms with Crippen LogP contribution in [0.2, 0.25) is 0 Å². The SMILES string of the molecule is CCCCCCCCCCCC(=O)NCC(Br)C1CC1. The summed E-state index contributed by atoms with van der Waals surface area (Å²) in [6.45, 7) is 3.06. The quantitative estimate of drug-likeness (QED) is 0.360. The van der Waals surface area contributed by atoms with Gasteiger partial charge in [-0.3, -0.25) is 4.79 Å². The highest BCUT2D eigenvalue weighted by molar-refractivity contribution is 9.09.